The van der Waals surface area contributed by atoms with Gasteiger partial charge in [0.15, 0.2) is 6.10 Å². The molecule has 0 aliphatic carbocycles. The second-order valence-corrected chi connectivity index (χ2v) is 6.37. The molecule has 0 N–H and O–H groups in total. The highest BCUT2D eigenvalue weighted by Crippen LogP contribution is 2.35. The van der Waals surface area contributed by atoms with Crippen LogP contribution in [0.3, 0.4) is 0 Å². The molecule has 0 saturated carbocycles. The van der Waals surface area contributed by atoms with Crippen molar-refractivity contribution in [2.75, 3.05) is 0 Å². The zero-order valence-electron chi connectivity index (χ0n) is 15.0. The summed E-state index contributed by atoms with van der Waals surface area (Å²) in [7, 11) is 0. The van der Waals surface area contributed by atoms with Crippen molar-refractivity contribution in [1.82, 2.24) is 0 Å². The highest BCUT2D eigenvalue weighted by Gasteiger charge is 2.47. The predicted octanol–water partition coefficient (Wildman–Crippen LogP) is 4.24. The van der Waals surface area contributed by atoms with Gasteiger partial charge in [-0.2, -0.15) is 13.2 Å². The van der Waals surface area contributed by atoms with Crippen molar-refractivity contribution in [3.05, 3.63) is 30.3 Å². The van der Waals surface area contributed by atoms with Crippen molar-refractivity contribution in [3.63, 3.8) is 0 Å². The van der Waals surface area contributed by atoms with Crippen LogP contribution in [0.15, 0.2) is 35.3 Å². The molecule has 1 aromatic carbocycles. The molecule has 0 amide bonds. The van der Waals surface area contributed by atoms with Gasteiger partial charge in [-0.3, -0.25) is 4.79 Å². The van der Waals surface area contributed by atoms with Crippen LogP contribution in [-0.4, -0.2) is 36.5 Å². The van der Waals surface area contributed by atoms with Crippen molar-refractivity contribution >= 4 is 17.6 Å². The molecule has 1 aliphatic heterocycles. The second-order valence-electron chi connectivity index (χ2n) is 6.37. The minimum absolute atomic E-state index is 0.0281. The highest BCUT2D eigenvalue weighted by molar-refractivity contribution is 5.84. The Morgan fingerprint density at radius 1 is 1.08 bits per heavy atom. The number of carbonyl (C=O) groups is 1. The highest BCUT2D eigenvalue weighted by atomic mass is 19.4. The number of rotatable bonds is 3. The number of nitrogens with zero attached hydrogens (tertiary/aromatic N) is 1. The number of esters is 1. The van der Waals surface area contributed by atoms with Crippen LogP contribution in [-0.2, 0) is 19.0 Å². The summed E-state index contributed by atoms with van der Waals surface area (Å²) >= 11 is 0. The molecule has 1 aromatic rings. The Balaban J connectivity index is 2.32. The van der Waals surface area contributed by atoms with Gasteiger partial charge in [-0.15, -0.1) is 0 Å². The number of hydrogen-bond acceptors (Lipinski definition) is 5. The number of aliphatic imine (C=N–C) groups is 1. The van der Waals surface area contributed by atoms with Crippen LogP contribution in [0.1, 0.15) is 27.7 Å². The lowest BCUT2D eigenvalue weighted by molar-refractivity contribution is -0.253. The minimum Gasteiger partial charge on any atom is -0.456 e. The van der Waals surface area contributed by atoms with E-state index in [0.717, 1.165) is 0 Å². The molecule has 0 bridgehead atoms. The number of halogens is 3. The number of alkyl halides is 3. The van der Waals surface area contributed by atoms with E-state index in [0.29, 0.717) is 0 Å². The maximum Gasteiger partial charge on any atom is 0.468 e. The number of para-hydroxylation sites is 1. The smallest absolute Gasteiger partial charge is 0.456 e. The minimum atomic E-state index is -4.82. The molecule has 144 valence electrons. The topological polar surface area (TPSA) is 57.1 Å². The van der Waals surface area contributed by atoms with Crippen LogP contribution in [0.4, 0.5) is 18.9 Å². The fraction of sp³-hybridized carbons (Fsp3) is 0.556. The molecule has 2 rings (SSSR count). The Morgan fingerprint density at radius 3 is 2.23 bits per heavy atom. The summed E-state index contributed by atoms with van der Waals surface area (Å²) in [6, 6.07) is 7.65. The first-order valence-corrected chi connectivity index (χ1v) is 8.30. The molecule has 1 aliphatic rings. The average molecular weight is 373 g/mol. The van der Waals surface area contributed by atoms with E-state index in [9.17, 15) is 18.0 Å². The molecule has 26 heavy (non-hydrogen) atoms. The maximum atomic E-state index is 13.4. The fourth-order valence-corrected chi connectivity index (χ4v) is 2.72. The third-order valence-corrected chi connectivity index (χ3v) is 4.46. The number of ether oxygens (including phenoxy) is 3. The van der Waals surface area contributed by atoms with Gasteiger partial charge in [0.25, 0.3) is 5.90 Å². The van der Waals surface area contributed by atoms with Gasteiger partial charge >= 0.3 is 12.1 Å². The third-order valence-electron chi connectivity index (χ3n) is 4.46. The van der Waals surface area contributed by atoms with Gasteiger partial charge in [0.05, 0.1) is 11.8 Å². The molecular weight excluding hydrogens is 351 g/mol. The van der Waals surface area contributed by atoms with Gasteiger partial charge in [-0.25, -0.2) is 4.99 Å². The van der Waals surface area contributed by atoms with Crippen molar-refractivity contribution in [2.45, 2.75) is 52.4 Å². The van der Waals surface area contributed by atoms with E-state index in [2.05, 4.69) is 4.99 Å². The predicted molar refractivity (Wildman–Crippen MR) is 88.9 cm³/mol. The first kappa shape index (κ1) is 20.2. The Kier molecular flexibility index (Phi) is 6.28. The number of benzene rings is 1. The normalized spacial score (nSPS) is 30.0. The molecule has 0 spiro atoms. The van der Waals surface area contributed by atoms with Gasteiger partial charge in [0.1, 0.15) is 0 Å². The molecule has 0 aromatic heterocycles. The first-order chi connectivity index (χ1) is 12.1. The van der Waals surface area contributed by atoms with E-state index in [1.165, 1.54) is 19.1 Å². The van der Waals surface area contributed by atoms with Gasteiger partial charge in [-0.1, -0.05) is 32.0 Å². The second kappa shape index (κ2) is 8.07. The zero-order chi connectivity index (χ0) is 19.5. The molecular formula is C18H22F3NO4. The van der Waals surface area contributed by atoms with E-state index in [4.69, 9.17) is 14.2 Å². The summed E-state index contributed by atoms with van der Waals surface area (Å²) in [5.41, 5.74) is 0.0918. The Morgan fingerprint density at radius 2 is 1.69 bits per heavy atom. The van der Waals surface area contributed by atoms with Crippen LogP contribution >= 0.6 is 0 Å². The molecule has 1 fully saturated rings. The van der Waals surface area contributed by atoms with E-state index in [1.807, 2.05) is 6.92 Å². The lowest BCUT2D eigenvalue weighted by Crippen LogP contribution is -2.52. The quantitative estimate of drug-likeness (QED) is 0.452. The summed E-state index contributed by atoms with van der Waals surface area (Å²) in [4.78, 5) is 14.9. The lowest BCUT2D eigenvalue weighted by atomic mass is 9.84. The summed E-state index contributed by atoms with van der Waals surface area (Å²) in [5.74, 6) is -2.34. The van der Waals surface area contributed by atoms with Crippen molar-refractivity contribution < 1.29 is 32.2 Å². The van der Waals surface area contributed by atoms with Crippen LogP contribution in [0, 0.1) is 11.8 Å². The standard InChI is InChI=1S/C18H22F3NO4/c1-10-11(2)15(25-13(4)23)16(24-12(10)3)26-17(18(19,20)21)22-14-8-6-5-7-9-14/h5-12,15-16H,1-4H3/t10-,11+,12?,15?,16?/m1/s1. The van der Waals surface area contributed by atoms with Gasteiger partial charge < -0.3 is 14.2 Å². The maximum absolute atomic E-state index is 13.4. The molecule has 0 radical (unpaired) electrons. The molecule has 5 atom stereocenters. The lowest BCUT2D eigenvalue weighted by Gasteiger charge is -2.42. The van der Waals surface area contributed by atoms with E-state index < -0.39 is 30.4 Å². The monoisotopic (exact) mass is 373 g/mol. The Labute approximate surface area is 150 Å². The number of carbonyl (C=O) groups excluding carboxylic acids is 1. The Bertz CT molecular complexity index is 648. The fourth-order valence-electron chi connectivity index (χ4n) is 2.72. The largest absolute Gasteiger partial charge is 0.468 e. The van der Waals surface area contributed by atoms with Gasteiger partial charge in [-0.05, 0) is 25.0 Å². The summed E-state index contributed by atoms with van der Waals surface area (Å²) < 4.78 is 56.0. The SMILES string of the molecule is CC(=O)OC1C(OC(=Nc2ccccc2)C(F)(F)F)OC(C)[C@H](C)[C@@H]1C. The van der Waals surface area contributed by atoms with Crippen LogP contribution in [0.5, 0.6) is 0 Å². The average Bonchev–Trinajstić information content (AvgIpc) is 2.55. The van der Waals surface area contributed by atoms with Crippen LogP contribution < -0.4 is 0 Å². The van der Waals surface area contributed by atoms with Crippen molar-refractivity contribution in [2.24, 2.45) is 16.8 Å². The molecule has 1 heterocycles. The Hall–Kier alpha value is -2.09. The van der Waals surface area contributed by atoms with Gasteiger partial charge in [0, 0.05) is 12.8 Å². The van der Waals surface area contributed by atoms with E-state index >= 15 is 0 Å². The number of hydrogen-bond donors (Lipinski definition) is 0. The van der Waals surface area contributed by atoms with Crippen molar-refractivity contribution in [1.29, 1.82) is 0 Å². The van der Waals surface area contributed by atoms with Gasteiger partial charge in [0.2, 0.25) is 6.29 Å². The summed E-state index contributed by atoms with van der Waals surface area (Å²) in [6.07, 6.45) is -7.56. The van der Waals surface area contributed by atoms with Crippen LogP contribution in [0.2, 0.25) is 0 Å². The first-order valence-electron chi connectivity index (χ1n) is 8.30. The third kappa shape index (κ3) is 4.97. The van der Waals surface area contributed by atoms with E-state index in [1.54, 1.807) is 32.0 Å². The van der Waals surface area contributed by atoms with Crippen molar-refractivity contribution in [3.8, 4) is 0 Å². The van der Waals surface area contributed by atoms with E-state index in [-0.39, 0.29) is 23.6 Å². The molecule has 3 unspecified atom stereocenters. The molecule has 1 saturated heterocycles. The summed E-state index contributed by atoms with van der Waals surface area (Å²) in [6.45, 7) is 6.60. The summed E-state index contributed by atoms with van der Waals surface area (Å²) in [5, 5.41) is 0. The van der Waals surface area contributed by atoms with Crippen LogP contribution in [0.25, 0.3) is 0 Å². The molecule has 5 nitrogen and oxygen atoms in total. The molecule has 8 heteroatoms. The zero-order valence-corrected chi connectivity index (χ0v) is 15.0.